The Bertz CT molecular complexity index is 222. The number of nitrogens with zero attached hydrogens (tertiary/aromatic N) is 1. The van der Waals surface area contributed by atoms with Gasteiger partial charge in [0.05, 0.1) is 0 Å². The fourth-order valence-electron chi connectivity index (χ4n) is 0.314. The van der Waals surface area contributed by atoms with Crippen molar-refractivity contribution in [3.05, 3.63) is 12.2 Å². The number of amides is 2. The van der Waals surface area contributed by atoms with Crippen molar-refractivity contribution < 1.29 is 14.7 Å². The summed E-state index contributed by atoms with van der Waals surface area (Å²) in [4.78, 5) is 23.4. The number of carbonyl (C=O) groups is 2. The maximum Gasteiger partial charge on any atom is 0.340 e. The molecule has 0 aromatic carbocycles. The lowest BCUT2D eigenvalue weighted by molar-refractivity contribution is -0.132. The van der Waals surface area contributed by atoms with Gasteiger partial charge in [-0.05, 0) is 20.8 Å². The van der Waals surface area contributed by atoms with Gasteiger partial charge in [0.2, 0.25) is 0 Å². The largest absolute Gasteiger partial charge is 0.478 e. The fourth-order valence-corrected chi connectivity index (χ4v) is 0.314. The lowest BCUT2D eigenvalue weighted by Crippen LogP contribution is -2.18. The van der Waals surface area contributed by atoms with Crippen LogP contribution in [0.3, 0.4) is 0 Å². The highest BCUT2D eigenvalue weighted by atomic mass is 16.4. The van der Waals surface area contributed by atoms with E-state index in [-0.39, 0.29) is 11.6 Å². The van der Waals surface area contributed by atoms with Gasteiger partial charge in [-0.3, -0.25) is 0 Å². The van der Waals surface area contributed by atoms with Gasteiger partial charge < -0.3 is 10.4 Å². The number of carboxylic acid groups (broad SMARTS) is 1. The molecule has 0 saturated carbocycles. The number of nitrogens with one attached hydrogen (secondary N) is 1. The summed E-state index contributed by atoms with van der Waals surface area (Å²) < 4.78 is 0. The number of aliphatic imine (C=N–C) groups is 1. The molecule has 5 nitrogen and oxygen atoms in total. The molecule has 0 radical (unpaired) electrons. The van der Waals surface area contributed by atoms with Gasteiger partial charge in [-0.25, -0.2) is 14.6 Å². The number of carbonyl (C=O) groups excluding carboxylic acids is 1. The fraction of sp³-hybridized carbons (Fsp3) is 0.444. The summed E-state index contributed by atoms with van der Waals surface area (Å²) in [7, 11) is 0. The van der Waals surface area contributed by atoms with Gasteiger partial charge >= 0.3 is 12.0 Å². The Hall–Kier alpha value is -1.65. The van der Waals surface area contributed by atoms with E-state index in [0.717, 1.165) is 0 Å². The van der Waals surface area contributed by atoms with Crippen molar-refractivity contribution in [2.45, 2.75) is 20.8 Å². The Morgan fingerprint density at radius 3 is 2.21 bits per heavy atom. The maximum atomic E-state index is 10.3. The molecule has 0 saturated heterocycles. The lowest BCUT2D eigenvalue weighted by Gasteiger charge is -1.90. The minimum absolute atomic E-state index is 0.176. The summed E-state index contributed by atoms with van der Waals surface area (Å²) in [6.07, 6.45) is 1.46. The third-order valence-corrected chi connectivity index (χ3v) is 0.939. The van der Waals surface area contributed by atoms with Crippen molar-refractivity contribution in [3.8, 4) is 0 Å². The standard InChI is InChI=1S/C5H10N2O.C4H6O2/c1-3-6-5(8)7-4-2;1-3(2)4(5)6/h3H,4H2,1-2H3,(H,7,8);1H2,2H3,(H,5,6). The van der Waals surface area contributed by atoms with Crippen LogP contribution in [0.4, 0.5) is 4.79 Å². The van der Waals surface area contributed by atoms with Crippen molar-refractivity contribution >= 4 is 18.2 Å². The second kappa shape index (κ2) is 9.44. The van der Waals surface area contributed by atoms with Crippen LogP contribution in [-0.4, -0.2) is 29.9 Å². The van der Waals surface area contributed by atoms with Gasteiger partial charge in [0.1, 0.15) is 0 Å². The zero-order valence-electron chi connectivity index (χ0n) is 8.70. The van der Waals surface area contributed by atoms with E-state index >= 15 is 0 Å². The van der Waals surface area contributed by atoms with Crippen LogP contribution in [0, 0.1) is 0 Å². The van der Waals surface area contributed by atoms with E-state index in [4.69, 9.17) is 5.11 Å². The predicted octanol–water partition coefficient (Wildman–Crippen LogP) is 1.45. The van der Waals surface area contributed by atoms with Crippen molar-refractivity contribution in [1.29, 1.82) is 0 Å². The highest BCUT2D eigenvalue weighted by Crippen LogP contribution is 1.81. The molecule has 0 aromatic heterocycles. The van der Waals surface area contributed by atoms with Gasteiger partial charge in [0.15, 0.2) is 0 Å². The molecule has 0 aromatic rings. The van der Waals surface area contributed by atoms with E-state index in [1.807, 2.05) is 6.92 Å². The highest BCUT2D eigenvalue weighted by molar-refractivity contribution is 5.84. The predicted molar refractivity (Wildman–Crippen MR) is 55.7 cm³/mol. The Balaban J connectivity index is 0. The minimum atomic E-state index is -0.935. The third kappa shape index (κ3) is 13.0. The molecule has 14 heavy (non-hydrogen) atoms. The van der Waals surface area contributed by atoms with E-state index < -0.39 is 5.97 Å². The molecular formula is C9H16N2O3. The first-order valence-corrected chi connectivity index (χ1v) is 4.11. The Labute approximate surface area is 83.5 Å². The van der Waals surface area contributed by atoms with Crippen molar-refractivity contribution in [2.75, 3.05) is 6.54 Å². The third-order valence-electron chi connectivity index (χ3n) is 0.939. The van der Waals surface area contributed by atoms with E-state index in [9.17, 15) is 9.59 Å². The van der Waals surface area contributed by atoms with E-state index in [2.05, 4.69) is 16.9 Å². The molecule has 2 amide bonds. The first-order valence-electron chi connectivity index (χ1n) is 4.11. The van der Waals surface area contributed by atoms with Crippen LogP contribution in [0.15, 0.2) is 17.1 Å². The Kier molecular flexibility index (Phi) is 10.0. The average molecular weight is 200 g/mol. The van der Waals surface area contributed by atoms with Crippen molar-refractivity contribution in [2.24, 2.45) is 4.99 Å². The van der Waals surface area contributed by atoms with Crippen LogP contribution in [0.1, 0.15) is 20.8 Å². The first kappa shape index (κ1) is 14.9. The minimum Gasteiger partial charge on any atom is -0.478 e. The van der Waals surface area contributed by atoms with Crippen LogP contribution in [0.2, 0.25) is 0 Å². The zero-order valence-corrected chi connectivity index (χ0v) is 8.70. The van der Waals surface area contributed by atoms with Crippen LogP contribution >= 0.6 is 0 Å². The number of hydrogen-bond acceptors (Lipinski definition) is 2. The molecule has 5 heteroatoms. The molecule has 0 spiro atoms. The monoisotopic (exact) mass is 200 g/mol. The van der Waals surface area contributed by atoms with Gasteiger partial charge in [-0.2, -0.15) is 0 Å². The lowest BCUT2D eigenvalue weighted by atomic mass is 10.4. The van der Waals surface area contributed by atoms with Gasteiger partial charge in [-0.1, -0.05) is 6.58 Å². The summed E-state index contributed by atoms with van der Waals surface area (Å²) in [6.45, 7) is 8.79. The first-order chi connectivity index (χ1) is 6.45. The molecule has 0 unspecified atom stereocenters. The van der Waals surface area contributed by atoms with Gasteiger partial charge in [-0.15, -0.1) is 0 Å². The van der Waals surface area contributed by atoms with Crippen molar-refractivity contribution in [3.63, 3.8) is 0 Å². The highest BCUT2D eigenvalue weighted by Gasteiger charge is 1.90. The van der Waals surface area contributed by atoms with E-state index in [0.29, 0.717) is 6.54 Å². The van der Waals surface area contributed by atoms with Crippen LogP contribution in [-0.2, 0) is 4.79 Å². The van der Waals surface area contributed by atoms with Gasteiger partial charge in [0, 0.05) is 18.3 Å². The second-order valence-electron chi connectivity index (χ2n) is 2.31. The molecule has 2 N–H and O–H groups in total. The summed E-state index contributed by atoms with van der Waals surface area (Å²) in [5.74, 6) is -0.935. The molecule has 0 bridgehead atoms. The number of urea groups is 1. The zero-order chi connectivity index (χ0) is 11.6. The van der Waals surface area contributed by atoms with Crippen molar-refractivity contribution in [1.82, 2.24) is 5.32 Å². The second-order valence-corrected chi connectivity index (χ2v) is 2.31. The summed E-state index contributed by atoms with van der Waals surface area (Å²) >= 11 is 0. The number of rotatable bonds is 2. The Morgan fingerprint density at radius 2 is 2.00 bits per heavy atom. The molecule has 0 aliphatic heterocycles. The summed E-state index contributed by atoms with van der Waals surface area (Å²) in [5, 5.41) is 10.4. The number of hydrogen-bond donors (Lipinski definition) is 2. The maximum absolute atomic E-state index is 10.3. The molecule has 0 aliphatic carbocycles. The Morgan fingerprint density at radius 1 is 1.57 bits per heavy atom. The average Bonchev–Trinajstić information content (AvgIpc) is 2.06. The molecular weight excluding hydrogens is 184 g/mol. The number of aliphatic carboxylic acids is 1. The quantitative estimate of drug-likeness (QED) is 0.523. The number of carboxylic acids is 1. The summed E-state index contributed by atoms with van der Waals surface area (Å²) in [5.41, 5.74) is 0.176. The van der Waals surface area contributed by atoms with Crippen LogP contribution < -0.4 is 5.32 Å². The van der Waals surface area contributed by atoms with E-state index in [1.165, 1.54) is 13.1 Å². The smallest absolute Gasteiger partial charge is 0.340 e. The molecule has 0 heterocycles. The molecule has 0 atom stereocenters. The SMILES string of the molecule is C=C(C)C(=O)O.CC=NC(=O)NCC. The van der Waals surface area contributed by atoms with Crippen LogP contribution in [0.25, 0.3) is 0 Å². The molecule has 80 valence electrons. The molecule has 0 fully saturated rings. The summed E-state index contributed by atoms with van der Waals surface area (Å²) in [6, 6.07) is -0.269. The molecule has 0 rings (SSSR count). The van der Waals surface area contributed by atoms with E-state index in [1.54, 1.807) is 6.92 Å². The van der Waals surface area contributed by atoms with Gasteiger partial charge in [0.25, 0.3) is 0 Å². The normalized spacial score (nSPS) is 8.79. The topological polar surface area (TPSA) is 78.8 Å². The van der Waals surface area contributed by atoms with Crippen LogP contribution in [0.5, 0.6) is 0 Å². The molecule has 0 aliphatic rings.